The van der Waals surface area contributed by atoms with Crippen LogP contribution in [0.25, 0.3) is 28.3 Å². The number of primary amides is 1. The lowest BCUT2D eigenvalue weighted by Gasteiger charge is -2.09. The highest BCUT2D eigenvalue weighted by molar-refractivity contribution is 5.92. The summed E-state index contributed by atoms with van der Waals surface area (Å²) in [7, 11) is 0. The van der Waals surface area contributed by atoms with E-state index in [9.17, 15) is 4.79 Å². The fraction of sp³-hybridized carbons (Fsp3) is 0.300. The molecule has 4 aromatic heterocycles. The van der Waals surface area contributed by atoms with Gasteiger partial charge in [0.05, 0.1) is 17.9 Å². The Morgan fingerprint density at radius 2 is 2.11 bits per heavy atom. The minimum Gasteiger partial charge on any atom is -0.364 e. The van der Waals surface area contributed by atoms with Crippen molar-refractivity contribution in [3.8, 4) is 22.6 Å². The molecule has 1 aliphatic carbocycles. The van der Waals surface area contributed by atoms with Crippen LogP contribution >= 0.6 is 0 Å². The Labute approximate surface area is 160 Å². The molecule has 1 fully saturated rings. The van der Waals surface area contributed by atoms with Gasteiger partial charge in [-0.05, 0) is 37.5 Å². The molecule has 5 heterocycles. The molecule has 8 nitrogen and oxygen atoms in total. The number of rotatable bonds is 4. The smallest absolute Gasteiger partial charge is 0.267 e. The molecule has 0 atom stereocenters. The zero-order chi connectivity index (χ0) is 18.8. The number of aromatic nitrogens is 6. The summed E-state index contributed by atoms with van der Waals surface area (Å²) >= 11 is 0. The summed E-state index contributed by atoms with van der Waals surface area (Å²) in [5.74, 6) is 0.596. The van der Waals surface area contributed by atoms with Gasteiger partial charge in [-0.3, -0.25) is 13.9 Å². The standard InChI is InChI=1S/C20H19N7O/c21-20(28)15-10-22-16-6-3-12(11-26(15)16)19-18(23-17-2-1-8-25(17)19)14-7-9-27(24-14)13-4-5-13/h3,6-7,9-11,13H,1-2,4-5,8H2,(H2,21,28). The van der Waals surface area contributed by atoms with Gasteiger partial charge in [-0.25, -0.2) is 9.97 Å². The molecule has 0 spiro atoms. The third-order valence-electron chi connectivity index (χ3n) is 5.63. The van der Waals surface area contributed by atoms with Crippen molar-refractivity contribution >= 4 is 11.6 Å². The molecule has 0 aromatic carbocycles. The molecule has 1 saturated carbocycles. The number of nitrogens with two attached hydrogens (primary N) is 1. The maximum Gasteiger partial charge on any atom is 0.267 e. The second-order valence-corrected chi connectivity index (χ2v) is 7.55. The molecule has 0 unspecified atom stereocenters. The number of amides is 1. The van der Waals surface area contributed by atoms with E-state index >= 15 is 0 Å². The largest absolute Gasteiger partial charge is 0.364 e. The van der Waals surface area contributed by atoms with Crippen LogP contribution in [0.2, 0.25) is 0 Å². The lowest BCUT2D eigenvalue weighted by Crippen LogP contribution is -2.13. The Kier molecular flexibility index (Phi) is 3.09. The zero-order valence-electron chi connectivity index (χ0n) is 15.2. The summed E-state index contributed by atoms with van der Waals surface area (Å²) in [5, 5.41) is 4.79. The Morgan fingerprint density at radius 3 is 2.93 bits per heavy atom. The van der Waals surface area contributed by atoms with Gasteiger partial charge >= 0.3 is 0 Å². The number of pyridine rings is 1. The minimum atomic E-state index is -0.494. The van der Waals surface area contributed by atoms with Crippen LogP contribution in [0.1, 0.15) is 41.6 Å². The van der Waals surface area contributed by atoms with Gasteiger partial charge in [0, 0.05) is 30.9 Å². The molecule has 0 saturated heterocycles. The number of hydrogen-bond donors (Lipinski definition) is 1. The molecule has 0 radical (unpaired) electrons. The van der Waals surface area contributed by atoms with Crippen molar-refractivity contribution in [3.05, 3.63) is 48.3 Å². The molecule has 2 aliphatic rings. The number of hydrogen-bond acceptors (Lipinski definition) is 4. The molecule has 2 N–H and O–H groups in total. The summed E-state index contributed by atoms with van der Waals surface area (Å²) in [6.45, 7) is 0.936. The van der Waals surface area contributed by atoms with Crippen LogP contribution < -0.4 is 5.73 Å². The first-order valence-corrected chi connectivity index (χ1v) is 9.61. The van der Waals surface area contributed by atoms with Crippen molar-refractivity contribution in [3.63, 3.8) is 0 Å². The average Bonchev–Trinajstić information content (AvgIpc) is 3.08. The fourth-order valence-electron chi connectivity index (χ4n) is 4.11. The van der Waals surface area contributed by atoms with Crippen LogP contribution in [0.3, 0.4) is 0 Å². The number of fused-ring (bicyclic) bond motifs is 2. The Bertz CT molecular complexity index is 1240. The van der Waals surface area contributed by atoms with Gasteiger partial charge in [0.2, 0.25) is 0 Å². The second kappa shape index (κ2) is 5.54. The lowest BCUT2D eigenvalue weighted by molar-refractivity contribution is 0.0995. The highest BCUT2D eigenvalue weighted by Crippen LogP contribution is 2.38. The molecule has 140 valence electrons. The summed E-state index contributed by atoms with van der Waals surface area (Å²) in [5.41, 5.74) is 10.4. The number of carbonyl (C=O) groups is 1. The van der Waals surface area contributed by atoms with Crippen molar-refractivity contribution in [2.45, 2.75) is 38.3 Å². The van der Waals surface area contributed by atoms with E-state index in [1.165, 1.54) is 19.0 Å². The average molecular weight is 373 g/mol. The third-order valence-corrected chi connectivity index (χ3v) is 5.63. The molecule has 1 aliphatic heterocycles. The van der Waals surface area contributed by atoms with Crippen LogP contribution in [0.4, 0.5) is 0 Å². The molecule has 8 heteroatoms. The van der Waals surface area contributed by atoms with Crippen LogP contribution in [0.5, 0.6) is 0 Å². The maximum absolute atomic E-state index is 11.8. The van der Waals surface area contributed by atoms with E-state index in [2.05, 4.69) is 9.55 Å². The van der Waals surface area contributed by atoms with Gasteiger partial charge in [-0.2, -0.15) is 5.10 Å². The van der Waals surface area contributed by atoms with Gasteiger partial charge in [0.15, 0.2) is 0 Å². The quantitative estimate of drug-likeness (QED) is 0.594. The fourth-order valence-corrected chi connectivity index (χ4v) is 4.11. The molecule has 1 amide bonds. The third kappa shape index (κ3) is 2.24. The van der Waals surface area contributed by atoms with E-state index in [-0.39, 0.29) is 0 Å². The van der Waals surface area contributed by atoms with Crippen molar-refractivity contribution in [2.24, 2.45) is 5.73 Å². The maximum atomic E-state index is 11.8. The first kappa shape index (κ1) is 15.6. The van der Waals surface area contributed by atoms with E-state index in [1.54, 1.807) is 4.40 Å². The van der Waals surface area contributed by atoms with E-state index in [1.807, 2.05) is 35.3 Å². The van der Waals surface area contributed by atoms with Crippen LogP contribution in [0.15, 0.2) is 36.8 Å². The first-order chi connectivity index (χ1) is 13.7. The van der Waals surface area contributed by atoms with Crippen LogP contribution in [0, 0.1) is 0 Å². The van der Waals surface area contributed by atoms with Gasteiger partial charge in [0.1, 0.15) is 28.6 Å². The molecule has 28 heavy (non-hydrogen) atoms. The number of nitrogens with zero attached hydrogens (tertiary/aromatic N) is 6. The van der Waals surface area contributed by atoms with E-state index in [0.29, 0.717) is 17.4 Å². The van der Waals surface area contributed by atoms with Crippen molar-refractivity contribution in [1.29, 1.82) is 0 Å². The van der Waals surface area contributed by atoms with E-state index in [0.717, 1.165) is 47.9 Å². The van der Waals surface area contributed by atoms with Gasteiger partial charge in [-0.1, -0.05) is 0 Å². The lowest BCUT2D eigenvalue weighted by atomic mass is 10.1. The van der Waals surface area contributed by atoms with E-state index in [4.69, 9.17) is 15.8 Å². The van der Waals surface area contributed by atoms with Gasteiger partial charge in [0.25, 0.3) is 5.91 Å². The van der Waals surface area contributed by atoms with Crippen molar-refractivity contribution in [1.82, 2.24) is 28.7 Å². The highest BCUT2D eigenvalue weighted by Gasteiger charge is 2.28. The number of carbonyl (C=O) groups excluding carboxylic acids is 1. The zero-order valence-corrected chi connectivity index (χ0v) is 15.2. The predicted octanol–water partition coefficient (Wildman–Crippen LogP) is 2.44. The Morgan fingerprint density at radius 1 is 1.21 bits per heavy atom. The Balaban J connectivity index is 1.55. The predicted molar refractivity (Wildman–Crippen MR) is 103 cm³/mol. The molecular weight excluding hydrogens is 354 g/mol. The SMILES string of the molecule is NC(=O)c1cnc2ccc(-c3c(-c4ccn(C5CC5)n4)nc4n3CCC4)cn12. The summed E-state index contributed by atoms with van der Waals surface area (Å²) in [6, 6.07) is 6.51. The van der Waals surface area contributed by atoms with Gasteiger partial charge < -0.3 is 10.3 Å². The minimum absolute atomic E-state index is 0.373. The molecular formula is C20H19N7O. The van der Waals surface area contributed by atoms with Crippen molar-refractivity contribution in [2.75, 3.05) is 0 Å². The van der Waals surface area contributed by atoms with E-state index < -0.39 is 5.91 Å². The summed E-state index contributed by atoms with van der Waals surface area (Å²) in [6.07, 6.45) is 9.93. The number of imidazole rings is 2. The first-order valence-electron chi connectivity index (χ1n) is 9.61. The molecule has 4 aromatic rings. The van der Waals surface area contributed by atoms with Crippen LogP contribution in [-0.4, -0.2) is 34.6 Å². The second-order valence-electron chi connectivity index (χ2n) is 7.55. The summed E-state index contributed by atoms with van der Waals surface area (Å²) < 4.78 is 6.07. The monoisotopic (exact) mass is 373 g/mol. The Hall–Kier alpha value is -3.42. The molecule has 0 bridgehead atoms. The topological polar surface area (TPSA) is 96.0 Å². The summed E-state index contributed by atoms with van der Waals surface area (Å²) in [4.78, 5) is 20.9. The normalized spacial score (nSPS) is 16.0. The highest BCUT2D eigenvalue weighted by atomic mass is 16.1. The van der Waals surface area contributed by atoms with Crippen molar-refractivity contribution < 1.29 is 4.79 Å². The molecule has 6 rings (SSSR count). The van der Waals surface area contributed by atoms with Gasteiger partial charge in [-0.15, -0.1) is 0 Å². The number of aryl methyl sites for hydroxylation is 1. The van der Waals surface area contributed by atoms with Crippen LogP contribution in [-0.2, 0) is 13.0 Å².